The highest BCUT2D eigenvalue weighted by Gasteiger charge is 2.32. The van der Waals surface area contributed by atoms with Gasteiger partial charge >= 0.3 is 0 Å². The first-order valence-corrected chi connectivity index (χ1v) is 9.39. The lowest BCUT2D eigenvalue weighted by molar-refractivity contribution is 0.332. The molecule has 6 heteroatoms. The number of aryl methyl sites for hydroxylation is 2. The molecular weight excluding hydrogens is 308 g/mol. The van der Waals surface area contributed by atoms with Gasteiger partial charge in [0, 0.05) is 35.9 Å². The van der Waals surface area contributed by atoms with Crippen LogP contribution in [0.1, 0.15) is 41.4 Å². The van der Waals surface area contributed by atoms with Crippen LogP contribution in [0, 0.1) is 5.92 Å². The van der Waals surface area contributed by atoms with Gasteiger partial charge in [0.05, 0.1) is 17.9 Å². The fourth-order valence-corrected chi connectivity index (χ4v) is 4.76. The summed E-state index contributed by atoms with van der Waals surface area (Å²) in [4.78, 5) is 20.6. The predicted molar refractivity (Wildman–Crippen MR) is 90.3 cm³/mol. The van der Waals surface area contributed by atoms with Gasteiger partial charge in [-0.2, -0.15) is 5.10 Å². The quantitative estimate of drug-likeness (QED) is 0.863. The van der Waals surface area contributed by atoms with Crippen LogP contribution < -0.4 is 10.5 Å². The fourth-order valence-electron chi connectivity index (χ4n) is 3.59. The number of aromatic nitrogens is 3. The number of hydrogen-bond acceptors (Lipinski definition) is 5. The SMILES string of the molecule is O=c1ccc(C2CC2)nn1CC1CN(c2nc3c(s2)CCC3)C1. The Balaban J connectivity index is 1.25. The van der Waals surface area contributed by atoms with Crippen LogP contribution in [-0.2, 0) is 19.4 Å². The van der Waals surface area contributed by atoms with Crippen LogP contribution in [0.25, 0.3) is 0 Å². The third kappa shape index (κ3) is 2.49. The second-order valence-corrected chi connectivity index (χ2v) is 8.11. The van der Waals surface area contributed by atoms with Crippen molar-refractivity contribution in [2.45, 2.75) is 44.6 Å². The smallest absolute Gasteiger partial charge is 0.266 e. The van der Waals surface area contributed by atoms with Crippen molar-refractivity contribution in [2.75, 3.05) is 18.0 Å². The summed E-state index contributed by atoms with van der Waals surface area (Å²) in [6, 6.07) is 3.59. The van der Waals surface area contributed by atoms with Crippen LogP contribution in [0.3, 0.4) is 0 Å². The average Bonchev–Trinajstić information content (AvgIpc) is 3.13. The van der Waals surface area contributed by atoms with E-state index < -0.39 is 0 Å². The molecule has 3 heterocycles. The number of thiazole rings is 1. The molecule has 3 aliphatic rings. The van der Waals surface area contributed by atoms with Crippen LogP contribution in [0.5, 0.6) is 0 Å². The molecule has 23 heavy (non-hydrogen) atoms. The molecule has 1 saturated heterocycles. The molecule has 0 aromatic carbocycles. The second-order valence-electron chi connectivity index (χ2n) is 7.04. The lowest BCUT2D eigenvalue weighted by Gasteiger charge is -2.39. The predicted octanol–water partition coefficient (Wildman–Crippen LogP) is 2.20. The Hall–Kier alpha value is -1.69. The van der Waals surface area contributed by atoms with E-state index in [0.717, 1.165) is 31.7 Å². The van der Waals surface area contributed by atoms with Crippen molar-refractivity contribution >= 4 is 16.5 Å². The molecule has 0 radical (unpaired) electrons. The minimum absolute atomic E-state index is 0.0288. The Kier molecular flexibility index (Phi) is 3.08. The first-order chi connectivity index (χ1) is 11.3. The molecule has 0 bridgehead atoms. The molecule has 2 aliphatic carbocycles. The molecule has 0 spiro atoms. The normalized spacial score (nSPS) is 20.6. The van der Waals surface area contributed by atoms with Crippen molar-refractivity contribution in [1.29, 1.82) is 0 Å². The summed E-state index contributed by atoms with van der Waals surface area (Å²) in [5.41, 5.74) is 2.45. The largest absolute Gasteiger partial charge is 0.347 e. The average molecular weight is 328 g/mol. The highest BCUT2D eigenvalue weighted by Crippen LogP contribution is 2.38. The number of fused-ring (bicyclic) bond motifs is 1. The highest BCUT2D eigenvalue weighted by atomic mass is 32.1. The summed E-state index contributed by atoms with van der Waals surface area (Å²) in [5.74, 6) is 1.10. The van der Waals surface area contributed by atoms with Crippen molar-refractivity contribution in [3.63, 3.8) is 0 Å². The maximum atomic E-state index is 12.0. The number of hydrogen-bond donors (Lipinski definition) is 0. The molecule has 1 aliphatic heterocycles. The van der Waals surface area contributed by atoms with Crippen LogP contribution in [0.15, 0.2) is 16.9 Å². The molecule has 5 rings (SSSR count). The van der Waals surface area contributed by atoms with Gasteiger partial charge < -0.3 is 4.90 Å². The van der Waals surface area contributed by atoms with Gasteiger partial charge in [-0.1, -0.05) is 0 Å². The van der Waals surface area contributed by atoms with E-state index in [4.69, 9.17) is 4.98 Å². The molecule has 120 valence electrons. The van der Waals surface area contributed by atoms with Crippen molar-refractivity contribution in [3.05, 3.63) is 38.8 Å². The number of nitrogens with zero attached hydrogens (tertiary/aromatic N) is 4. The van der Waals surface area contributed by atoms with E-state index in [1.165, 1.54) is 41.4 Å². The number of anilines is 1. The van der Waals surface area contributed by atoms with Gasteiger partial charge in [0.1, 0.15) is 0 Å². The summed E-state index contributed by atoms with van der Waals surface area (Å²) >= 11 is 1.86. The zero-order valence-electron chi connectivity index (χ0n) is 13.1. The van der Waals surface area contributed by atoms with Crippen molar-refractivity contribution in [1.82, 2.24) is 14.8 Å². The Morgan fingerprint density at radius 3 is 2.87 bits per heavy atom. The zero-order chi connectivity index (χ0) is 15.4. The summed E-state index contributed by atoms with van der Waals surface area (Å²) < 4.78 is 1.68. The maximum absolute atomic E-state index is 12.0. The van der Waals surface area contributed by atoms with E-state index in [9.17, 15) is 4.79 Å². The van der Waals surface area contributed by atoms with Gasteiger partial charge in [0.25, 0.3) is 5.56 Å². The highest BCUT2D eigenvalue weighted by molar-refractivity contribution is 7.15. The van der Waals surface area contributed by atoms with Gasteiger partial charge in [-0.05, 0) is 38.2 Å². The molecule has 0 amide bonds. The minimum Gasteiger partial charge on any atom is -0.347 e. The van der Waals surface area contributed by atoms with Crippen molar-refractivity contribution < 1.29 is 0 Å². The maximum Gasteiger partial charge on any atom is 0.266 e. The van der Waals surface area contributed by atoms with Crippen LogP contribution in [0.4, 0.5) is 5.13 Å². The van der Waals surface area contributed by atoms with Crippen molar-refractivity contribution in [2.24, 2.45) is 5.92 Å². The van der Waals surface area contributed by atoms with Gasteiger partial charge in [-0.15, -0.1) is 11.3 Å². The first kappa shape index (κ1) is 13.7. The summed E-state index contributed by atoms with van der Waals surface area (Å²) in [7, 11) is 0. The monoisotopic (exact) mass is 328 g/mol. The second kappa shape index (κ2) is 5.16. The first-order valence-electron chi connectivity index (χ1n) is 8.58. The lowest BCUT2D eigenvalue weighted by Crippen LogP contribution is -2.49. The van der Waals surface area contributed by atoms with Crippen LogP contribution in [0.2, 0.25) is 0 Å². The zero-order valence-corrected chi connectivity index (χ0v) is 13.9. The Labute approximate surface area is 139 Å². The van der Waals surface area contributed by atoms with Gasteiger partial charge in [-0.3, -0.25) is 4.79 Å². The molecule has 0 unspecified atom stereocenters. The molecule has 2 aromatic rings. The van der Waals surface area contributed by atoms with E-state index in [1.54, 1.807) is 10.7 Å². The van der Waals surface area contributed by atoms with Gasteiger partial charge in [-0.25, -0.2) is 9.67 Å². The van der Waals surface area contributed by atoms with E-state index >= 15 is 0 Å². The third-order valence-electron chi connectivity index (χ3n) is 5.13. The molecule has 5 nitrogen and oxygen atoms in total. The topological polar surface area (TPSA) is 51.0 Å². The third-order valence-corrected chi connectivity index (χ3v) is 6.34. The summed E-state index contributed by atoms with van der Waals surface area (Å²) in [6.45, 7) is 2.73. The summed E-state index contributed by atoms with van der Waals surface area (Å²) in [6.07, 6.45) is 6.06. The standard InChI is InChI=1S/C17H20N4OS/c22-16-7-6-13(12-4-5-12)19-21(16)10-11-8-20(9-11)17-18-14-2-1-3-15(14)23-17/h6-7,11-12H,1-5,8-10H2. The lowest BCUT2D eigenvalue weighted by atomic mass is 10.0. The molecule has 2 aromatic heterocycles. The molecule has 0 N–H and O–H groups in total. The van der Waals surface area contributed by atoms with Gasteiger partial charge in [0.2, 0.25) is 0 Å². The molecule has 1 saturated carbocycles. The van der Waals surface area contributed by atoms with E-state index in [1.807, 2.05) is 17.4 Å². The van der Waals surface area contributed by atoms with Gasteiger partial charge in [0.15, 0.2) is 5.13 Å². The molecular formula is C17H20N4OS. The van der Waals surface area contributed by atoms with E-state index in [-0.39, 0.29) is 5.56 Å². The Bertz CT molecular complexity index is 780. The minimum atomic E-state index is 0.0288. The number of rotatable bonds is 4. The van der Waals surface area contributed by atoms with Crippen LogP contribution >= 0.6 is 11.3 Å². The molecule has 0 atom stereocenters. The van der Waals surface area contributed by atoms with E-state index in [2.05, 4.69) is 10.00 Å². The molecule has 2 fully saturated rings. The van der Waals surface area contributed by atoms with E-state index in [0.29, 0.717) is 11.8 Å². The Morgan fingerprint density at radius 2 is 2.09 bits per heavy atom. The summed E-state index contributed by atoms with van der Waals surface area (Å²) in [5, 5.41) is 5.75. The Morgan fingerprint density at radius 1 is 1.22 bits per heavy atom. The van der Waals surface area contributed by atoms with Crippen LogP contribution in [-0.4, -0.2) is 27.9 Å². The van der Waals surface area contributed by atoms with Crippen molar-refractivity contribution in [3.8, 4) is 0 Å². The fraction of sp³-hybridized carbons (Fsp3) is 0.588.